The average Bonchev–Trinajstić information content (AvgIpc) is 1.84. The van der Waals surface area contributed by atoms with Gasteiger partial charge in [-0.15, -0.1) is 0 Å². The minimum atomic E-state index is 0. The molecule has 0 amide bonds. The molecule has 0 aromatic rings. The van der Waals surface area contributed by atoms with E-state index in [9.17, 15) is 0 Å². The van der Waals surface area contributed by atoms with Crippen molar-refractivity contribution in [2.45, 2.75) is 58.5 Å². The summed E-state index contributed by atoms with van der Waals surface area (Å²) >= 11 is 0. The number of hydrogen-bond acceptors (Lipinski definition) is 0. The Morgan fingerprint density at radius 2 is 1.07 bits per heavy atom. The molecule has 14 heavy (non-hydrogen) atoms. The van der Waals surface area contributed by atoms with E-state index in [0.29, 0.717) is 0 Å². The normalized spacial score (nSPS) is 9.86. The third kappa shape index (κ3) is 10.8. The molecule has 90 valence electrons. The van der Waals surface area contributed by atoms with Gasteiger partial charge in [-0.05, 0) is 17.0 Å². The smallest absolute Gasteiger partial charge is 0 e. The zero-order chi connectivity index (χ0) is 11.0. The zero-order valence-electron chi connectivity index (χ0n) is 10.5. The van der Waals surface area contributed by atoms with Crippen molar-refractivity contribution in [1.29, 1.82) is 0 Å². The van der Waals surface area contributed by atoms with Crippen LogP contribution in [0, 0.1) is 6.92 Å². The molecule has 0 aliphatic rings. The zero-order valence-corrected chi connectivity index (χ0v) is 12.9. The molecule has 0 aliphatic carbocycles. The first-order valence-corrected chi connectivity index (χ1v) is 6.60. The Labute approximate surface area is 106 Å². The maximum absolute atomic E-state index is 3.25. The third-order valence-corrected chi connectivity index (χ3v) is 5.37. The molecule has 0 heterocycles. The summed E-state index contributed by atoms with van der Waals surface area (Å²) in [6, 6.07) is 0. The number of rotatable bonds is 3. The third-order valence-electron chi connectivity index (χ3n) is 1.79. The van der Waals surface area contributed by atoms with Gasteiger partial charge < -0.3 is 0 Å². The van der Waals surface area contributed by atoms with Gasteiger partial charge in [-0.25, -0.2) is 19.6 Å². The van der Waals surface area contributed by atoms with Gasteiger partial charge in [-0.3, -0.25) is 0 Å². The summed E-state index contributed by atoms with van der Waals surface area (Å²) in [7, 11) is 0.262. The van der Waals surface area contributed by atoms with Crippen molar-refractivity contribution in [2.75, 3.05) is 0 Å². The van der Waals surface area contributed by atoms with E-state index < -0.39 is 0 Å². The van der Waals surface area contributed by atoms with Crippen molar-refractivity contribution in [1.82, 2.24) is 0 Å². The van der Waals surface area contributed by atoms with Gasteiger partial charge in [-0.1, -0.05) is 49.5 Å². The molecule has 0 fully saturated rings. The van der Waals surface area contributed by atoms with Crippen LogP contribution < -0.4 is 0 Å². The van der Waals surface area contributed by atoms with Gasteiger partial charge in [0.25, 0.3) is 0 Å². The van der Waals surface area contributed by atoms with Crippen molar-refractivity contribution in [3.05, 3.63) is 19.6 Å². The Bertz CT molecular complexity index is 100. The molecular formula is C12H26PPd-. The molecule has 0 saturated heterocycles. The monoisotopic (exact) mass is 307 g/mol. The van der Waals surface area contributed by atoms with E-state index in [1.54, 1.807) is 0 Å². The van der Waals surface area contributed by atoms with Crippen molar-refractivity contribution >= 4 is 7.92 Å². The van der Waals surface area contributed by atoms with Crippen LogP contribution in [0.25, 0.3) is 0 Å². The summed E-state index contributed by atoms with van der Waals surface area (Å²) < 4.78 is 0. The first kappa shape index (κ1) is 20.2. The van der Waals surface area contributed by atoms with Gasteiger partial charge >= 0.3 is 0 Å². The molecule has 0 aromatic heterocycles. The van der Waals surface area contributed by atoms with Crippen molar-refractivity contribution < 1.29 is 20.4 Å². The maximum atomic E-state index is 3.25. The van der Waals surface area contributed by atoms with E-state index in [2.05, 4.69) is 55.0 Å². The number of hydrogen-bond donors (Lipinski definition) is 0. The van der Waals surface area contributed by atoms with Crippen molar-refractivity contribution in [2.24, 2.45) is 0 Å². The van der Waals surface area contributed by atoms with Crippen molar-refractivity contribution in [3.63, 3.8) is 0 Å². The van der Waals surface area contributed by atoms with Gasteiger partial charge in [0.05, 0.1) is 0 Å². The van der Waals surface area contributed by atoms with Crippen LogP contribution in [0.5, 0.6) is 0 Å². The fourth-order valence-corrected chi connectivity index (χ4v) is 5.37. The van der Waals surface area contributed by atoms with Gasteiger partial charge in [0.2, 0.25) is 0 Å². The van der Waals surface area contributed by atoms with Crippen LogP contribution in [0.2, 0.25) is 0 Å². The Balaban J connectivity index is -0.000000267. The molecule has 0 aliphatic heterocycles. The molecule has 0 saturated carbocycles. The summed E-state index contributed by atoms with van der Waals surface area (Å²) in [5, 5.41) is 0. The molecular weight excluding hydrogens is 282 g/mol. The Morgan fingerprint density at radius 3 is 1.07 bits per heavy atom. The van der Waals surface area contributed by atoms with Crippen LogP contribution in [0.3, 0.4) is 0 Å². The molecule has 0 aromatic carbocycles. The van der Waals surface area contributed by atoms with Crippen LogP contribution >= 0.6 is 7.92 Å². The molecule has 0 atom stereocenters. The van der Waals surface area contributed by atoms with E-state index in [4.69, 9.17) is 0 Å². The molecule has 2 heteroatoms. The van der Waals surface area contributed by atoms with Crippen LogP contribution in [0.4, 0.5) is 0 Å². The topological polar surface area (TPSA) is 0 Å². The Morgan fingerprint density at radius 1 is 0.929 bits per heavy atom. The van der Waals surface area contributed by atoms with Crippen LogP contribution in [0.1, 0.15) is 41.5 Å². The molecule has 0 radical (unpaired) electrons. The predicted octanol–water partition coefficient (Wildman–Crippen LogP) is 4.70. The molecule has 0 spiro atoms. The van der Waals surface area contributed by atoms with Crippen LogP contribution in [-0.4, -0.2) is 17.0 Å². The quantitative estimate of drug-likeness (QED) is 0.403. The van der Waals surface area contributed by atoms with E-state index >= 15 is 0 Å². The second kappa shape index (κ2) is 11.8. The first-order valence-electron chi connectivity index (χ1n) is 5.06. The largest absolute Gasteiger partial charge is 0.245 e. The summed E-state index contributed by atoms with van der Waals surface area (Å²) in [4.78, 5) is 0. The molecule has 0 unspecified atom stereocenters. The molecule has 0 rings (SSSR count). The Hall–Kier alpha value is 0.702. The summed E-state index contributed by atoms with van der Waals surface area (Å²) in [6.45, 7) is 20.6. The minimum absolute atomic E-state index is 0. The fourth-order valence-electron chi connectivity index (χ4n) is 1.79. The maximum Gasteiger partial charge on any atom is 0 e. The van der Waals surface area contributed by atoms with E-state index in [1.807, 2.05) is 0 Å². The van der Waals surface area contributed by atoms with E-state index in [1.165, 1.54) is 6.08 Å². The number of allylic oxidation sites excluding steroid dienone is 1. The SMILES string of the molecule is C=C[CH2-].CC(C)P(C(C)C)C(C)C.[Pd]. The van der Waals surface area contributed by atoms with Gasteiger partial charge in [0.1, 0.15) is 0 Å². The molecule has 0 bridgehead atoms. The second-order valence-corrected chi connectivity index (χ2v) is 8.01. The van der Waals surface area contributed by atoms with Gasteiger partial charge in [-0.2, -0.15) is 0 Å². The van der Waals surface area contributed by atoms with E-state index in [-0.39, 0.29) is 28.3 Å². The first-order chi connectivity index (χ1) is 5.88. The Kier molecular flexibility index (Phi) is 17.0. The minimum Gasteiger partial charge on any atom is -0.245 e. The molecule has 0 nitrogen and oxygen atoms in total. The summed E-state index contributed by atoms with van der Waals surface area (Å²) in [5.41, 5.74) is 2.69. The van der Waals surface area contributed by atoms with Crippen LogP contribution in [0.15, 0.2) is 12.7 Å². The van der Waals surface area contributed by atoms with Gasteiger partial charge in [0, 0.05) is 20.4 Å². The second-order valence-electron chi connectivity index (χ2n) is 4.02. The predicted molar refractivity (Wildman–Crippen MR) is 67.9 cm³/mol. The fraction of sp³-hybridized carbons (Fsp3) is 0.750. The summed E-state index contributed by atoms with van der Waals surface area (Å²) in [5.74, 6) is 0. The van der Waals surface area contributed by atoms with Crippen molar-refractivity contribution in [3.8, 4) is 0 Å². The van der Waals surface area contributed by atoms with Gasteiger partial charge in [0.15, 0.2) is 0 Å². The van der Waals surface area contributed by atoms with E-state index in [0.717, 1.165) is 17.0 Å². The van der Waals surface area contributed by atoms with Crippen LogP contribution in [-0.2, 0) is 20.4 Å². The average molecular weight is 308 g/mol. The standard InChI is InChI=1S/C9H21P.C3H5.Pd/c1-7(2)10(8(3)4)9(5)6;1-3-2;/h7-9H,1-6H3;3H,1-2H2;/q;-1;. The summed E-state index contributed by atoms with van der Waals surface area (Å²) in [6.07, 6.45) is 1.50. The molecule has 0 N–H and O–H groups in total.